The summed E-state index contributed by atoms with van der Waals surface area (Å²) in [6, 6.07) is 8.95. The monoisotopic (exact) mass is 269 g/mol. The van der Waals surface area contributed by atoms with E-state index < -0.39 is 5.97 Å². The molecule has 6 heteroatoms. The van der Waals surface area contributed by atoms with Crippen molar-refractivity contribution in [1.29, 1.82) is 0 Å². The standard InChI is InChI=1S/C14H11N3O3/c1-9-15-6-7-17(9)11-4-2-10(3-5-11)12-8-13(14(18)19)20-16-12/h2-8H,1H3,(H,18,19). The molecular weight excluding hydrogens is 258 g/mol. The van der Waals surface area contributed by atoms with Crippen LogP contribution in [-0.4, -0.2) is 25.8 Å². The molecule has 0 aliphatic rings. The SMILES string of the molecule is Cc1nccn1-c1ccc(-c2cc(C(=O)O)on2)cc1. The molecule has 0 aliphatic carbocycles. The van der Waals surface area contributed by atoms with Crippen molar-refractivity contribution in [1.82, 2.24) is 14.7 Å². The lowest BCUT2D eigenvalue weighted by atomic mass is 10.1. The summed E-state index contributed by atoms with van der Waals surface area (Å²) in [5, 5.41) is 12.5. The largest absolute Gasteiger partial charge is 0.475 e. The van der Waals surface area contributed by atoms with E-state index in [1.807, 2.05) is 42.0 Å². The average molecular weight is 269 g/mol. The van der Waals surface area contributed by atoms with Crippen molar-refractivity contribution in [3.05, 3.63) is 54.3 Å². The predicted octanol–water partition coefficient (Wildman–Crippen LogP) is 2.53. The summed E-state index contributed by atoms with van der Waals surface area (Å²) < 4.78 is 6.69. The zero-order valence-electron chi connectivity index (χ0n) is 10.6. The third-order valence-corrected chi connectivity index (χ3v) is 2.99. The zero-order chi connectivity index (χ0) is 14.1. The van der Waals surface area contributed by atoms with Crippen molar-refractivity contribution >= 4 is 5.97 Å². The van der Waals surface area contributed by atoms with Gasteiger partial charge in [0.1, 0.15) is 11.5 Å². The number of benzene rings is 1. The number of carboxylic acids is 1. The van der Waals surface area contributed by atoms with Gasteiger partial charge in [0, 0.05) is 29.7 Å². The van der Waals surface area contributed by atoms with Gasteiger partial charge in [-0.15, -0.1) is 0 Å². The first-order valence-corrected chi connectivity index (χ1v) is 5.96. The Labute approximate surface area is 114 Å². The molecule has 0 spiro atoms. The predicted molar refractivity (Wildman–Crippen MR) is 70.8 cm³/mol. The van der Waals surface area contributed by atoms with Gasteiger partial charge in [0.15, 0.2) is 0 Å². The molecular formula is C14H11N3O3. The van der Waals surface area contributed by atoms with Crippen LogP contribution in [0.15, 0.2) is 47.2 Å². The number of hydrogen-bond donors (Lipinski definition) is 1. The molecule has 1 N–H and O–H groups in total. The van der Waals surface area contributed by atoms with Crippen LogP contribution < -0.4 is 0 Å². The second kappa shape index (κ2) is 4.65. The maximum atomic E-state index is 10.7. The lowest BCUT2D eigenvalue weighted by Crippen LogP contribution is -1.95. The van der Waals surface area contributed by atoms with Gasteiger partial charge < -0.3 is 14.2 Å². The Kier molecular flexibility index (Phi) is 2.83. The molecule has 1 aromatic carbocycles. The van der Waals surface area contributed by atoms with E-state index in [-0.39, 0.29) is 5.76 Å². The molecule has 0 radical (unpaired) electrons. The smallest absolute Gasteiger partial charge is 0.374 e. The topological polar surface area (TPSA) is 81.2 Å². The minimum atomic E-state index is -1.13. The minimum Gasteiger partial charge on any atom is -0.475 e. The summed E-state index contributed by atoms with van der Waals surface area (Å²) in [5.41, 5.74) is 2.27. The molecule has 2 heterocycles. The van der Waals surface area contributed by atoms with Crippen LogP contribution >= 0.6 is 0 Å². The third kappa shape index (κ3) is 2.07. The summed E-state index contributed by atoms with van der Waals surface area (Å²) >= 11 is 0. The van der Waals surface area contributed by atoms with Crippen LogP contribution in [0.3, 0.4) is 0 Å². The van der Waals surface area contributed by atoms with E-state index in [0.29, 0.717) is 5.69 Å². The highest BCUT2D eigenvalue weighted by Crippen LogP contribution is 2.21. The van der Waals surface area contributed by atoms with Gasteiger partial charge in [-0.1, -0.05) is 17.3 Å². The summed E-state index contributed by atoms with van der Waals surface area (Å²) in [6.07, 6.45) is 3.61. The highest BCUT2D eigenvalue weighted by molar-refractivity contribution is 5.85. The van der Waals surface area contributed by atoms with Crippen molar-refractivity contribution < 1.29 is 14.4 Å². The molecule has 0 saturated carbocycles. The minimum absolute atomic E-state index is 0.172. The number of aromatic carboxylic acids is 1. The summed E-state index contributed by atoms with van der Waals surface area (Å²) in [6.45, 7) is 1.92. The van der Waals surface area contributed by atoms with Gasteiger partial charge in [0.25, 0.3) is 0 Å². The number of aryl methyl sites for hydroxylation is 1. The van der Waals surface area contributed by atoms with Gasteiger partial charge >= 0.3 is 5.97 Å². The average Bonchev–Trinajstić information content (AvgIpc) is 3.07. The third-order valence-electron chi connectivity index (χ3n) is 2.99. The van der Waals surface area contributed by atoms with Gasteiger partial charge in [0.2, 0.25) is 5.76 Å². The number of hydrogen-bond acceptors (Lipinski definition) is 4. The van der Waals surface area contributed by atoms with Gasteiger partial charge in [-0.3, -0.25) is 0 Å². The van der Waals surface area contributed by atoms with Gasteiger partial charge in [0.05, 0.1) is 0 Å². The van der Waals surface area contributed by atoms with E-state index in [9.17, 15) is 4.79 Å². The number of carboxylic acid groups (broad SMARTS) is 1. The van der Waals surface area contributed by atoms with E-state index >= 15 is 0 Å². The fourth-order valence-electron chi connectivity index (χ4n) is 1.96. The number of carbonyl (C=O) groups is 1. The van der Waals surface area contributed by atoms with Crippen molar-refractivity contribution in [2.24, 2.45) is 0 Å². The number of aromatic nitrogens is 3. The van der Waals surface area contributed by atoms with Crippen LogP contribution in [0.4, 0.5) is 0 Å². The molecule has 100 valence electrons. The van der Waals surface area contributed by atoms with E-state index in [4.69, 9.17) is 9.63 Å². The first-order valence-electron chi connectivity index (χ1n) is 5.96. The zero-order valence-corrected chi connectivity index (χ0v) is 10.6. The molecule has 3 aromatic rings. The number of rotatable bonds is 3. The van der Waals surface area contributed by atoms with Gasteiger partial charge in [-0.2, -0.15) is 0 Å². The molecule has 20 heavy (non-hydrogen) atoms. The van der Waals surface area contributed by atoms with Gasteiger partial charge in [-0.05, 0) is 19.1 Å². The Morgan fingerprint density at radius 3 is 2.60 bits per heavy atom. The first-order chi connectivity index (χ1) is 9.65. The first kappa shape index (κ1) is 12.2. The fourth-order valence-corrected chi connectivity index (χ4v) is 1.96. The van der Waals surface area contributed by atoms with Crippen molar-refractivity contribution in [3.8, 4) is 16.9 Å². The summed E-state index contributed by atoms with van der Waals surface area (Å²) in [7, 11) is 0. The van der Waals surface area contributed by atoms with Gasteiger partial charge in [-0.25, -0.2) is 9.78 Å². The molecule has 0 bridgehead atoms. The van der Waals surface area contributed by atoms with Crippen LogP contribution in [0.5, 0.6) is 0 Å². The van der Waals surface area contributed by atoms with Crippen LogP contribution in [0.1, 0.15) is 16.4 Å². The van der Waals surface area contributed by atoms with Crippen molar-refractivity contribution in [3.63, 3.8) is 0 Å². The molecule has 3 rings (SSSR count). The molecule has 0 saturated heterocycles. The van der Waals surface area contributed by atoms with Crippen molar-refractivity contribution in [2.75, 3.05) is 0 Å². The van der Waals surface area contributed by atoms with E-state index in [0.717, 1.165) is 17.1 Å². The lowest BCUT2D eigenvalue weighted by molar-refractivity contribution is 0.0652. The second-order valence-corrected chi connectivity index (χ2v) is 4.27. The van der Waals surface area contributed by atoms with E-state index in [2.05, 4.69) is 10.1 Å². The molecule has 0 amide bonds. The summed E-state index contributed by atoms with van der Waals surface area (Å²) in [4.78, 5) is 14.9. The van der Waals surface area contributed by atoms with E-state index in [1.165, 1.54) is 6.07 Å². The van der Waals surface area contributed by atoms with Crippen LogP contribution in [-0.2, 0) is 0 Å². The highest BCUT2D eigenvalue weighted by Gasteiger charge is 2.12. The molecule has 0 fully saturated rings. The summed E-state index contributed by atoms with van der Waals surface area (Å²) in [5.74, 6) is -0.406. The fraction of sp³-hybridized carbons (Fsp3) is 0.0714. The molecule has 2 aromatic heterocycles. The Hall–Kier alpha value is -2.89. The Bertz CT molecular complexity index is 756. The van der Waals surface area contributed by atoms with Crippen LogP contribution in [0.25, 0.3) is 16.9 Å². The van der Waals surface area contributed by atoms with E-state index in [1.54, 1.807) is 6.20 Å². The number of imidazole rings is 1. The molecule has 0 atom stereocenters. The van der Waals surface area contributed by atoms with Crippen LogP contribution in [0.2, 0.25) is 0 Å². The van der Waals surface area contributed by atoms with Crippen LogP contribution in [0, 0.1) is 6.92 Å². The second-order valence-electron chi connectivity index (χ2n) is 4.27. The maximum absolute atomic E-state index is 10.7. The molecule has 0 aliphatic heterocycles. The van der Waals surface area contributed by atoms with Crippen molar-refractivity contribution in [2.45, 2.75) is 6.92 Å². The Balaban J connectivity index is 1.93. The normalized spacial score (nSPS) is 10.7. The Morgan fingerprint density at radius 2 is 2.05 bits per heavy atom. The number of nitrogens with zero attached hydrogens (tertiary/aromatic N) is 3. The maximum Gasteiger partial charge on any atom is 0.374 e. The highest BCUT2D eigenvalue weighted by atomic mass is 16.5. The lowest BCUT2D eigenvalue weighted by Gasteiger charge is -2.05. The quantitative estimate of drug-likeness (QED) is 0.790. The molecule has 6 nitrogen and oxygen atoms in total. The molecule has 0 unspecified atom stereocenters. The Morgan fingerprint density at radius 1 is 1.30 bits per heavy atom.